The second-order valence-corrected chi connectivity index (χ2v) is 4.95. The summed E-state index contributed by atoms with van der Waals surface area (Å²) in [7, 11) is 1.31. The molecule has 5 nitrogen and oxygen atoms in total. The first-order valence-corrected chi connectivity index (χ1v) is 7.25. The van der Waals surface area contributed by atoms with Crippen molar-refractivity contribution in [2.45, 2.75) is 12.5 Å². The molecule has 0 aromatic heterocycles. The van der Waals surface area contributed by atoms with Crippen LogP contribution in [0.15, 0.2) is 18.2 Å². The first-order valence-electron chi connectivity index (χ1n) is 5.86. The van der Waals surface area contributed by atoms with E-state index in [0.29, 0.717) is 5.75 Å². The van der Waals surface area contributed by atoms with Gasteiger partial charge in [0.1, 0.15) is 23.2 Å². The minimum absolute atomic E-state index is 0.0662. The number of rotatable bonds is 7. The lowest BCUT2D eigenvalue weighted by atomic mass is 10.1. The third-order valence-corrected chi connectivity index (χ3v) is 3.28. The summed E-state index contributed by atoms with van der Waals surface area (Å²) in [6, 6.07) is 2.91. The Balaban J connectivity index is 2.91. The first kappa shape index (κ1) is 16.3. The van der Waals surface area contributed by atoms with Crippen LogP contribution >= 0.6 is 11.8 Å². The van der Waals surface area contributed by atoms with Gasteiger partial charge in [-0.15, -0.1) is 0 Å². The number of halogens is 1. The van der Waals surface area contributed by atoms with Crippen LogP contribution in [0, 0.1) is 5.82 Å². The second kappa shape index (κ2) is 7.74. The van der Waals surface area contributed by atoms with Gasteiger partial charge in [-0.25, -0.2) is 9.18 Å². The van der Waals surface area contributed by atoms with Crippen molar-refractivity contribution in [3.63, 3.8) is 0 Å². The molecule has 0 aliphatic carbocycles. The van der Waals surface area contributed by atoms with E-state index in [0.717, 1.165) is 6.07 Å². The van der Waals surface area contributed by atoms with Crippen LogP contribution in [0.5, 0.6) is 5.75 Å². The van der Waals surface area contributed by atoms with Crippen LogP contribution in [-0.4, -0.2) is 42.1 Å². The number of nitrogens with one attached hydrogen (secondary N) is 1. The molecule has 0 radical (unpaired) electrons. The Labute approximate surface area is 120 Å². The molecule has 1 rings (SSSR count). The number of carbonyl (C=O) groups excluding carboxylic acids is 1. The third kappa shape index (κ3) is 4.12. The van der Waals surface area contributed by atoms with Crippen LogP contribution in [0.4, 0.5) is 4.39 Å². The van der Waals surface area contributed by atoms with Crippen LogP contribution in [0.25, 0.3) is 0 Å². The number of ether oxygens (including phenoxy) is 1. The fraction of sp³-hybridized carbons (Fsp3) is 0.385. The van der Waals surface area contributed by atoms with Gasteiger partial charge < -0.3 is 15.2 Å². The molecule has 7 heteroatoms. The molecule has 1 unspecified atom stereocenters. The quantitative estimate of drug-likeness (QED) is 0.803. The summed E-state index contributed by atoms with van der Waals surface area (Å²) in [5.41, 5.74) is -0.287. The van der Waals surface area contributed by atoms with Crippen LogP contribution in [-0.2, 0) is 4.79 Å². The van der Waals surface area contributed by atoms with Crippen molar-refractivity contribution in [1.82, 2.24) is 5.32 Å². The summed E-state index contributed by atoms with van der Waals surface area (Å²) in [6.07, 6.45) is 2.10. The summed E-state index contributed by atoms with van der Waals surface area (Å²) < 4.78 is 18.6. The molecule has 1 amide bonds. The van der Waals surface area contributed by atoms with Crippen molar-refractivity contribution in [2.24, 2.45) is 0 Å². The number of methoxy groups -OCH3 is 1. The highest BCUT2D eigenvalue weighted by atomic mass is 32.2. The Bertz CT molecular complexity index is 495. The van der Waals surface area contributed by atoms with Crippen LogP contribution in [0.3, 0.4) is 0 Å². The van der Waals surface area contributed by atoms with E-state index >= 15 is 0 Å². The molecule has 0 saturated heterocycles. The van der Waals surface area contributed by atoms with Gasteiger partial charge in [0.25, 0.3) is 5.91 Å². The highest BCUT2D eigenvalue weighted by Crippen LogP contribution is 2.21. The maximum absolute atomic E-state index is 13.7. The molecule has 1 atom stereocenters. The fourth-order valence-corrected chi connectivity index (χ4v) is 2.09. The maximum atomic E-state index is 13.7. The Kier molecular flexibility index (Phi) is 6.30. The van der Waals surface area contributed by atoms with E-state index in [9.17, 15) is 14.0 Å². The van der Waals surface area contributed by atoms with Crippen molar-refractivity contribution in [3.8, 4) is 5.75 Å². The van der Waals surface area contributed by atoms with E-state index in [1.807, 2.05) is 6.26 Å². The SMILES string of the molecule is COc1cccc(F)c1C(=O)NC(CCSC)C(=O)O. The number of amides is 1. The smallest absolute Gasteiger partial charge is 0.326 e. The van der Waals surface area contributed by atoms with Crippen LogP contribution in [0.1, 0.15) is 16.8 Å². The maximum Gasteiger partial charge on any atom is 0.326 e. The number of hydrogen-bond donors (Lipinski definition) is 2. The Morgan fingerprint density at radius 2 is 2.20 bits per heavy atom. The summed E-state index contributed by atoms with van der Waals surface area (Å²) in [4.78, 5) is 23.1. The van der Waals surface area contributed by atoms with Crippen molar-refractivity contribution in [1.29, 1.82) is 0 Å². The molecule has 0 fully saturated rings. The minimum atomic E-state index is -1.15. The molecule has 20 heavy (non-hydrogen) atoms. The zero-order valence-corrected chi connectivity index (χ0v) is 12.0. The lowest BCUT2D eigenvalue weighted by Crippen LogP contribution is -2.41. The topological polar surface area (TPSA) is 75.6 Å². The highest BCUT2D eigenvalue weighted by molar-refractivity contribution is 7.98. The molecule has 1 aromatic carbocycles. The van der Waals surface area contributed by atoms with Gasteiger partial charge in [-0.2, -0.15) is 11.8 Å². The van der Waals surface area contributed by atoms with Gasteiger partial charge in [-0.3, -0.25) is 4.79 Å². The Morgan fingerprint density at radius 1 is 1.50 bits per heavy atom. The van der Waals surface area contributed by atoms with Gasteiger partial charge >= 0.3 is 5.97 Å². The van der Waals surface area contributed by atoms with E-state index in [1.165, 1.54) is 31.0 Å². The largest absolute Gasteiger partial charge is 0.496 e. The van der Waals surface area contributed by atoms with E-state index < -0.39 is 23.7 Å². The van der Waals surface area contributed by atoms with Crippen molar-refractivity contribution in [3.05, 3.63) is 29.6 Å². The number of carboxylic acids is 1. The lowest BCUT2D eigenvalue weighted by molar-refractivity contribution is -0.139. The standard InChI is InChI=1S/C13H16FNO4S/c1-19-10-5-3-4-8(14)11(10)12(16)15-9(13(17)18)6-7-20-2/h3-5,9H,6-7H2,1-2H3,(H,15,16)(H,17,18). The van der Waals surface area contributed by atoms with Gasteiger partial charge in [-0.1, -0.05) is 6.07 Å². The lowest BCUT2D eigenvalue weighted by Gasteiger charge is -2.15. The Hall–Kier alpha value is -1.76. The average molecular weight is 301 g/mol. The molecule has 0 aliphatic heterocycles. The first-order chi connectivity index (χ1) is 9.51. The van der Waals surface area contributed by atoms with Crippen molar-refractivity contribution >= 4 is 23.6 Å². The number of benzene rings is 1. The normalized spacial score (nSPS) is 11.8. The fourth-order valence-electron chi connectivity index (χ4n) is 1.62. The predicted molar refractivity (Wildman–Crippen MR) is 74.8 cm³/mol. The van der Waals surface area contributed by atoms with Gasteiger partial charge in [0, 0.05) is 0 Å². The number of carbonyl (C=O) groups is 2. The molecule has 0 spiro atoms. The summed E-state index contributed by atoms with van der Waals surface area (Å²) in [5, 5.41) is 11.4. The summed E-state index contributed by atoms with van der Waals surface area (Å²) in [5.74, 6) is -2.06. The highest BCUT2D eigenvalue weighted by Gasteiger charge is 2.24. The number of thioether (sulfide) groups is 1. The Morgan fingerprint density at radius 3 is 2.75 bits per heavy atom. The number of hydrogen-bond acceptors (Lipinski definition) is 4. The van der Waals surface area contributed by atoms with E-state index in [-0.39, 0.29) is 17.7 Å². The molecule has 0 heterocycles. The molecule has 0 bridgehead atoms. The average Bonchev–Trinajstić information content (AvgIpc) is 2.42. The van der Waals surface area contributed by atoms with Gasteiger partial charge in [0.05, 0.1) is 7.11 Å². The zero-order valence-electron chi connectivity index (χ0n) is 11.2. The molecule has 0 saturated carbocycles. The molecule has 0 aliphatic rings. The van der Waals surface area contributed by atoms with E-state index in [2.05, 4.69) is 5.32 Å². The third-order valence-electron chi connectivity index (χ3n) is 2.64. The number of aliphatic carboxylic acids is 1. The second-order valence-electron chi connectivity index (χ2n) is 3.96. The van der Waals surface area contributed by atoms with Crippen molar-refractivity contribution in [2.75, 3.05) is 19.1 Å². The predicted octanol–water partition coefficient (Wildman–Crippen LogP) is 1.77. The zero-order chi connectivity index (χ0) is 15.1. The van der Waals surface area contributed by atoms with E-state index in [4.69, 9.17) is 9.84 Å². The monoisotopic (exact) mass is 301 g/mol. The van der Waals surface area contributed by atoms with Gasteiger partial charge in [0.2, 0.25) is 0 Å². The molecule has 110 valence electrons. The van der Waals surface area contributed by atoms with Crippen LogP contribution < -0.4 is 10.1 Å². The molecular formula is C13H16FNO4S. The molecular weight excluding hydrogens is 285 g/mol. The van der Waals surface area contributed by atoms with Gasteiger partial charge in [-0.05, 0) is 30.6 Å². The van der Waals surface area contributed by atoms with Crippen LogP contribution in [0.2, 0.25) is 0 Å². The summed E-state index contributed by atoms with van der Waals surface area (Å²) >= 11 is 1.47. The number of carboxylic acid groups (broad SMARTS) is 1. The minimum Gasteiger partial charge on any atom is -0.496 e. The van der Waals surface area contributed by atoms with Crippen molar-refractivity contribution < 1.29 is 23.8 Å². The summed E-state index contributed by atoms with van der Waals surface area (Å²) in [6.45, 7) is 0. The van der Waals surface area contributed by atoms with E-state index in [1.54, 1.807) is 0 Å². The molecule has 1 aromatic rings. The molecule has 2 N–H and O–H groups in total. The van der Waals surface area contributed by atoms with Gasteiger partial charge in [0.15, 0.2) is 0 Å².